The minimum absolute atomic E-state index is 0.554. The summed E-state index contributed by atoms with van der Waals surface area (Å²) in [5.41, 5.74) is 0. The Bertz CT molecular complexity index is 363. The van der Waals surface area contributed by atoms with Crippen LogP contribution in [0.3, 0.4) is 0 Å². The van der Waals surface area contributed by atoms with Gasteiger partial charge in [-0.15, -0.1) is 0 Å². The third-order valence-corrected chi connectivity index (χ3v) is 2.12. The van der Waals surface area contributed by atoms with E-state index in [1.54, 1.807) is 0 Å². The van der Waals surface area contributed by atoms with Crippen LogP contribution in [0.5, 0.6) is 5.75 Å². The fraction of sp³-hybridized carbons (Fsp3) is 0.250. The van der Waals surface area contributed by atoms with Crippen molar-refractivity contribution in [2.75, 3.05) is 6.61 Å². The van der Waals surface area contributed by atoms with Crippen molar-refractivity contribution in [1.82, 2.24) is 0 Å². The zero-order valence-corrected chi connectivity index (χ0v) is 8.62. The Morgan fingerprint density at radius 3 is 2.33 bits per heavy atom. The second kappa shape index (κ2) is 4.34. The van der Waals surface area contributed by atoms with Crippen molar-refractivity contribution in [1.29, 1.82) is 0 Å². The summed E-state index contributed by atoms with van der Waals surface area (Å²) in [5, 5.41) is 0. The molecule has 84 valence electrons. The van der Waals surface area contributed by atoms with Crippen molar-refractivity contribution in [3.8, 4) is 5.75 Å². The minimum Gasteiger partial charge on any atom is -0.481 e. The molecule has 15 heavy (non-hydrogen) atoms. The van der Waals surface area contributed by atoms with Gasteiger partial charge in [0.25, 0.3) is 0 Å². The van der Waals surface area contributed by atoms with Crippen LogP contribution in [0.15, 0.2) is 16.6 Å². The number of alkyl halides is 3. The highest BCUT2D eigenvalue weighted by molar-refractivity contribution is 9.10. The van der Waals surface area contributed by atoms with Crippen molar-refractivity contribution < 1.29 is 26.7 Å². The lowest BCUT2D eigenvalue weighted by Crippen LogP contribution is -2.19. The minimum atomic E-state index is -4.56. The van der Waals surface area contributed by atoms with E-state index in [-0.39, 0.29) is 0 Å². The molecule has 0 amide bonds. The van der Waals surface area contributed by atoms with Gasteiger partial charge in [0.2, 0.25) is 0 Å². The molecule has 0 saturated heterocycles. The van der Waals surface area contributed by atoms with Gasteiger partial charge in [0.15, 0.2) is 18.2 Å². The van der Waals surface area contributed by atoms with Crippen molar-refractivity contribution in [3.63, 3.8) is 0 Å². The Morgan fingerprint density at radius 2 is 1.80 bits per heavy atom. The number of benzene rings is 1. The first-order valence-electron chi connectivity index (χ1n) is 3.64. The molecule has 1 rings (SSSR count). The fourth-order valence-corrected chi connectivity index (χ4v) is 1.11. The van der Waals surface area contributed by atoms with Gasteiger partial charge in [-0.25, -0.2) is 8.78 Å². The summed E-state index contributed by atoms with van der Waals surface area (Å²) in [7, 11) is 0. The predicted molar refractivity (Wildman–Crippen MR) is 45.6 cm³/mol. The van der Waals surface area contributed by atoms with Crippen LogP contribution in [0, 0.1) is 11.6 Å². The van der Waals surface area contributed by atoms with Gasteiger partial charge in [0.1, 0.15) is 5.82 Å². The lowest BCUT2D eigenvalue weighted by Gasteiger charge is -2.10. The summed E-state index contributed by atoms with van der Waals surface area (Å²) in [4.78, 5) is 0. The van der Waals surface area contributed by atoms with E-state index >= 15 is 0 Å². The molecule has 1 nitrogen and oxygen atoms in total. The predicted octanol–water partition coefficient (Wildman–Crippen LogP) is 3.67. The highest BCUT2D eigenvalue weighted by atomic mass is 79.9. The first-order valence-corrected chi connectivity index (χ1v) is 4.43. The van der Waals surface area contributed by atoms with Crippen LogP contribution in [0.2, 0.25) is 0 Å². The monoisotopic (exact) mass is 290 g/mol. The Morgan fingerprint density at radius 1 is 1.20 bits per heavy atom. The van der Waals surface area contributed by atoms with E-state index in [1.165, 1.54) is 0 Å². The molecule has 0 aromatic heterocycles. The molecule has 0 aliphatic carbocycles. The molecule has 7 heteroatoms. The lowest BCUT2D eigenvalue weighted by molar-refractivity contribution is -0.153. The molecule has 0 saturated carbocycles. The van der Waals surface area contributed by atoms with Gasteiger partial charge in [0, 0.05) is 0 Å². The van der Waals surface area contributed by atoms with Gasteiger partial charge < -0.3 is 4.74 Å². The average molecular weight is 291 g/mol. The van der Waals surface area contributed by atoms with Crippen LogP contribution in [-0.2, 0) is 0 Å². The number of hydrogen-bond acceptors (Lipinski definition) is 1. The molecule has 0 N–H and O–H groups in total. The molecule has 1 aromatic rings. The van der Waals surface area contributed by atoms with Crippen LogP contribution in [-0.4, -0.2) is 12.8 Å². The fourth-order valence-electron chi connectivity index (χ4n) is 0.779. The van der Waals surface area contributed by atoms with E-state index in [0.717, 1.165) is 12.1 Å². The molecular formula is C8H4BrF5O. The van der Waals surface area contributed by atoms with Gasteiger partial charge >= 0.3 is 6.18 Å². The van der Waals surface area contributed by atoms with E-state index in [2.05, 4.69) is 20.7 Å². The topological polar surface area (TPSA) is 9.23 Å². The largest absolute Gasteiger partial charge is 0.481 e. The highest BCUT2D eigenvalue weighted by Crippen LogP contribution is 2.28. The van der Waals surface area contributed by atoms with E-state index in [9.17, 15) is 22.0 Å². The SMILES string of the molecule is Fc1ccc(OCC(F)(F)F)c(F)c1Br. The molecule has 0 spiro atoms. The average Bonchev–Trinajstić information content (AvgIpc) is 2.12. The molecule has 0 aliphatic heterocycles. The molecule has 0 bridgehead atoms. The summed E-state index contributed by atoms with van der Waals surface area (Å²) in [6.45, 7) is -1.62. The second-order valence-electron chi connectivity index (χ2n) is 2.58. The van der Waals surface area contributed by atoms with E-state index in [4.69, 9.17) is 0 Å². The standard InChI is InChI=1S/C8H4BrF5O/c9-6-4(10)1-2-5(7(6)11)15-3-8(12,13)14/h1-2H,3H2. The van der Waals surface area contributed by atoms with Gasteiger partial charge in [-0.1, -0.05) is 0 Å². The Kier molecular flexibility index (Phi) is 3.54. The molecule has 0 aliphatic rings. The second-order valence-corrected chi connectivity index (χ2v) is 3.37. The third kappa shape index (κ3) is 3.33. The first-order chi connectivity index (χ1) is 6.81. The summed E-state index contributed by atoms with van der Waals surface area (Å²) < 4.78 is 64.5. The maximum absolute atomic E-state index is 13.1. The summed E-state index contributed by atoms with van der Waals surface area (Å²) in [6.07, 6.45) is -4.56. The van der Waals surface area contributed by atoms with E-state index < -0.39 is 34.6 Å². The maximum atomic E-state index is 13.1. The highest BCUT2D eigenvalue weighted by Gasteiger charge is 2.29. The summed E-state index contributed by atoms with van der Waals surface area (Å²) in [6, 6.07) is 1.60. The number of hydrogen-bond donors (Lipinski definition) is 0. The lowest BCUT2D eigenvalue weighted by atomic mass is 10.3. The van der Waals surface area contributed by atoms with Crippen molar-refractivity contribution in [3.05, 3.63) is 28.2 Å². The molecule has 0 unspecified atom stereocenters. The summed E-state index contributed by atoms with van der Waals surface area (Å²) >= 11 is 2.54. The summed E-state index contributed by atoms with van der Waals surface area (Å²) in [5.74, 6) is -2.76. The van der Waals surface area contributed by atoms with Crippen molar-refractivity contribution in [2.24, 2.45) is 0 Å². The molecule has 0 heterocycles. The van der Waals surface area contributed by atoms with Crippen LogP contribution in [0.25, 0.3) is 0 Å². The normalized spacial score (nSPS) is 11.6. The Balaban J connectivity index is 2.83. The number of ether oxygens (including phenoxy) is 1. The number of halogens is 6. The van der Waals surface area contributed by atoms with Crippen LogP contribution in [0.4, 0.5) is 22.0 Å². The maximum Gasteiger partial charge on any atom is 0.422 e. The van der Waals surface area contributed by atoms with Gasteiger partial charge in [0.05, 0.1) is 4.47 Å². The van der Waals surface area contributed by atoms with Crippen molar-refractivity contribution in [2.45, 2.75) is 6.18 Å². The van der Waals surface area contributed by atoms with Crippen LogP contribution >= 0.6 is 15.9 Å². The first kappa shape index (κ1) is 12.2. The molecule has 1 aromatic carbocycles. The smallest absolute Gasteiger partial charge is 0.422 e. The van der Waals surface area contributed by atoms with Gasteiger partial charge in [-0.3, -0.25) is 0 Å². The van der Waals surface area contributed by atoms with Gasteiger partial charge in [-0.05, 0) is 28.1 Å². The van der Waals surface area contributed by atoms with E-state index in [0.29, 0.717) is 0 Å². The van der Waals surface area contributed by atoms with Crippen LogP contribution in [0.1, 0.15) is 0 Å². The zero-order valence-electron chi connectivity index (χ0n) is 7.04. The Hall–Kier alpha value is -0.850. The third-order valence-electron chi connectivity index (χ3n) is 1.39. The van der Waals surface area contributed by atoms with Crippen molar-refractivity contribution >= 4 is 15.9 Å². The molecule has 0 fully saturated rings. The molecule has 0 radical (unpaired) electrons. The zero-order chi connectivity index (χ0) is 11.6. The van der Waals surface area contributed by atoms with Gasteiger partial charge in [-0.2, -0.15) is 13.2 Å². The molecular weight excluding hydrogens is 287 g/mol. The van der Waals surface area contributed by atoms with Crippen LogP contribution < -0.4 is 4.74 Å². The number of rotatable bonds is 2. The molecule has 0 atom stereocenters. The quantitative estimate of drug-likeness (QED) is 0.596. The Labute approximate surface area is 90.0 Å². The van der Waals surface area contributed by atoms with E-state index in [1.807, 2.05) is 0 Å².